The van der Waals surface area contributed by atoms with E-state index in [0.29, 0.717) is 6.54 Å². The highest BCUT2D eigenvalue weighted by Gasteiger charge is 2.36. The van der Waals surface area contributed by atoms with E-state index in [1.54, 1.807) is 11.0 Å². The minimum absolute atomic E-state index is 0.0227. The molecule has 30 heavy (non-hydrogen) atoms. The summed E-state index contributed by atoms with van der Waals surface area (Å²) in [6, 6.07) is 10.7. The van der Waals surface area contributed by atoms with Crippen LogP contribution in [0, 0.1) is 0 Å². The molecule has 0 radical (unpaired) electrons. The molecule has 0 atom stereocenters. The molecule has 4 aromatic rings. The van der Waals surface area contributed by atoms with E-state index in [0.717, 1.165) is 54.3 Å². The molecule has 0 saturated carbocycles. The van der Waals surface area contributed by atoms with Crippen molar-refractivity contribution in [2.24, 2.45) is 19.8 Å². The Balaban J connectivity index is 1.48. The minimum Gasteiger partial charge on any atom is -0.355 e. The van der Waals surface area contributed by atoms with Crippen molar-refractivity contribution < 1.29 is 0 Å². The van der Waals surface area contributed by atoms with Crippen molar-refractivity contribution in [2.75, 3.05) is 24.5 Å². The molecule has 0 bridgehead atoms. The largest absolute Gasteiger partial charge is 0.355 e. The first-order chi connectivity index (χ1) is 14.6. The van der Waals surface area contributed by atoms with Gasteiger partial charge in [0.05, 0.1) is 11.8 Å². The Labute approximate surface area is 175 Å². The lowest BCUT2D eigenvalue weighted by atomic mass is 9.73. The third kappa shape index (κ3) is 2.95. The summed E-state index contributed by atoms with van der Waals surface area (Å²) in [5.74, 6) is 1.74. The molecular formula is C22H26N8. The number of fused-ring (bicyclic) bond motifs is 1. The van der Waals surface area contributed by atoms with Crippen LogP contribution in [0.2, 0.25) is 0 Å². The number of aryl methyl sites for hydroxylation is 2. The van der Waals surface area contributed by atoms with Gasteiger partial charge in [0.2, 0.25) is 0 Å². The lowest BCUT2D eigenvalue weighted by molar-refractivity contribution is 0.339. The molecule has 2 N–H and O–H groups in total. The fourth-order valence-corrected chi connectivity index (χ4v) is 4.56. The van der Waals surface area contributed by atoms with Crippen molar-refractivity contribution in [3.8, 4) is 11.4 Å². The average molecular weight is 403 g/mol. The quantitative estimate of drug-likeness (QED) is 0.563. The Kier molecular flexibility index (Phi) is 4.51. The predicted molar refractivity (Wildman–Crippen MR) is 117 cm³/mol. The van der Waals surface area contributed by atoms with Crippen LogP contribution in [-0.4, -0.2) is 48.9 Å². The highest BCUT2D eigenvalue weighted by Crippen LogP contribution is 2.37. The first kappa shape index (κ1) is 18.7. The number of hydrogen-bond acceptors (Lipinski definition) is 6. The van der Waals surface area contributed by atoms with Gasteiger partial charge in [-0.3, -0.25) is 4.68 Å². The lowest BCUT2D eigenvalue weighted by Crippen LogP contribution is -2.47. The molecule has 1 fully saturated rings. The second-order valence-corrected chi connectivity index (χ2v) is 8.10. The highest BCUT2D eigenvalue weighted by atomic mass is 15.3. The maximum atomic E-state index is 6.27. The third-order valence-electron chi connectivity index (χ3n) is 6.40. The van der Waals surface area contributed by atoms with Crippen LogP contribution < -0.4 is 10.6 Å². The maximum absolute atomic E-state index is 6.27. The SMILES string of the molecule is Cn1cc(-c2nc3c(N4CCC(CN)(c5ccccc5)CC4)ncnc3n2C)cn1. The standard InChI is InChI=1S/C22H26N8/c1-28-13-16(12-26-28)19-27-18-20(29(19)2)24-15-25-21(18)30-10-8-22(14-23,9-11-30)17-6-4-3-5-7-17/h3-7,12-13,15H,8-11,14,23H2,1-2H3. The molecule has 1 aliphatic heterocycles. The van der Waals surface area contributed by atoms with E-state index >= 15 is 0 Å². The van der Waals surface area contributed by atoms with Crippen molar-refractivity contribution in [1.82, 2.24) is 29.3 Å². The highest BCUT2D eigenvalue weighted by molar-refractivity contribution is 5.86. The number of benzene rings is 1. The van der Waals surface area contributed by atoms with Crippen LogP contribution in [0.15, 0.2) is 49.1 Å². The lowest BCUT2D eigenvalue weighted by Gasteiger charge is -2.42. The average Bonchev–Trinajstić information content (AvgIpc) is 3.37. The van der Waals surface area contributed by atoms with Crippen molar-refractivity contribution in [1.29, 1.82) is 0 Å². The number of piperidine rings is 1. The van der Waals surface area contributed by atoms with E-state index in [1.165, 1.54) is 5.56 Å². The van der Waals surface area contributed by atoms with Gasteiger partial charge in [0.15, 0.2) is 17.0 Å². The fourth-order valence-electron chi connectivity index (χ4n) is 4.56. The van der Waals surface area contributed by atoms with Crippen LogP contribution in [0.4, 0.5) is 5.82 Å². The van der Waals surface area contributed by atoms with Gasteiger partial charge in [-0.05, 0) is 18.4 Å². The van der Waals surface area contributed by atoms with Gasteiger partial charge < -0.3 is 15.2 Å². The molecule has 5 rings (SSSR count). The van der Waals surface area contributed by atoms with Crippen molar-refractivity contribution in [2.45, 2.75) is 18.3 Å². The number of anilines is 1. The Morgan fingerprint density at radius 2 is 1.83 bits per heavy atom. The van der Waals surface area contributed by atoms with Gasteiger partial charge in [0, 0.05) is 45.3 Å². The van der Waals surface area contributed by atoms with Crippen molar-refractivity contribution in [3.05, 3.63) is 54.6 Å². The molecule has 4 heterocycles. The number of rotatable bonds is 4. The summed E-state index contributed by atoms with van der Waals surface area (Å²) in [4.78, 5) is 16.3. The molecule has 3 aromatic heterocycles. The zero-order chi connectivity index (χ0) is 20.7. The van der Waals surface area contributed by atoms with Crippen LogP contribution in [-0.2, 0) is 19.5 Å². The summed E-state index contributed by atoms with van der Waals surface area (Å²) in [5.41, 5.74) is 10.2. The van der Waals surface area contributed by atoms with E-state index in [1.807, 2.05) is 31.1 Å². The van der Waals surface area contributed by atoms with Crippen molar-refractivity contribution >= 4 is 17.0 Å². The fraction of sp³-hybridized carbons (Fsp3) is 0.364. The molecule has 0 aliphatic carbocycles. The Morgan fingerprint density at radius 1 is 1.07 bits per heavy atom. The molecule has 1 aliphatic rings. The number of imidazole rings is 1. The van der Waals surface area contributed by atoms with Gasteiger partial charge in [-0.2, -0.15) is 5.10 Å². The van der Waals surface area contributed by atoms with E-state index in [-0.39, 0.29) is 5.41 Å². The van der Waals surface area contributed by atoms with Crippen LogP contribution in [0.3, 0.4) is 0 Å². The molecular weight excluding hydrogens is 376 g/mol. The smallest absolute Gasteiger partial charge is 0.165 e. The molecule has 0 amide bonds. The maximum Gasteiger partial charge on any atom is 0.165 e. The van der Waals surface area contributed by atoms with E-state index < -0.39 is 0 Å². The van der Waals surface area contributed by atoms with Crippen LogP contribution in [0.25, 0.3) is 22.6 Å². The Morgan fingerprint density at radius 3 is 2.50 bits per heavy atom. The summed E-state index contributed by atoms with van der Waals surface area (Å²) >= 11 is 0. The molecule has 154 valence electrons. The first-order valence-corrected chi connectivity index (χ1v) is 10.3. The van der Waals surface area contributed by atoms with Gasteiger partial charge >= 0.3 is 0 Å². The molecule has 1 aromatic carbocycles. The molecule has 0 spiro atoms. The van der Waals surface area contributed by atoms with Gasteiger partial charge in [0.25, 0.3) is 0 Å². The number of nitrogens with zero attached hydrogens (tertiary/aromatic N) is 7. The van der Waals surface area contributed by atoms with Crippen LogP contribution in [0.5, 0.6) is 0 Å². The molecule has 8 heteroatoms. The van der Waals surface area contributed by atoms with Crippen LogP contribution in [0.1, 0.15) is 18.4 Å². The topological polar surface area (TPSA) is 90.7 Å². The zero-order valence-corrected chi connectivity index (χ0v) is 17.4. The minimum atomic E-state index is 0.0227. The Bertz CT molecular complexity index is 1170. The number of hydrogen-bond donors (Lipinski definition) is 1. The zero-order valence-electron chi connectivity index (χ0n) is 17.4. The van der Waals surface area contributed by atoms with Crippen molar-refractivity contribution in [3.63, 3.8) is 0 Å². The second-order valence-electron chi connectivity index (χ2n) is 8.10. The summed E-state index contributed by atoms with van der Waals surface area (Å²) in [7, 11) is 3.89. The number of aromatic nitrogens is 6. The first-order valence-electron chi connectivity index (χ1n) is 10.3. The predicted octanol–water partition coefficient (Wildman–Crippen LogP) is 2.26. The second kappa shape index (κ2) is 7.21. The summed E-state index contributed by atoms with van der Waals surface area (Å²) in [5, 5.41) is 4.28. The van der Waals surface area contributed by atoms with Gasteiger partial charge in [-0.1, -0.05) is 30.3 Å². The Hall–Kier alpha value is -3.26. The number of nitrogens with two attached hydrogens (primary N) is 1. The van der Waals surface area contributed by atoms with Gasteiger partial charge in [-0.15, -0.1) is 0 Å². The monoisotopic (exact) mass is 402 g/mol. The van der Waals surface area contributed by atoms with Crippen LogP contribution >= 0.6 is 0 Å². The van der Waals surface area contributed by atoms with Gasteiger partial charge in [-0.25, -0.2) is 15.0 Å². The molecule has 8 nitrogen and oxygen atoms in total. The summed E-state index contributed by atoms with van der Waals surface area (Å²) in [6.07, 6.45) is 7.40. The molecule has 1 saturated heterocycles. The third-order valence-corrected chi connectivity index (χ3v) is 6.40. The summed E-state index contributed by atoms with van der Waals surface area (Å²) in [6.45, 7) is 2.42. The molecule has 0 unspecified atom stereocenters. The van der Waals surface area contributed by atoms with E-state index in [4.69, 9.17) is 10.7 Å². The van der Waals surface area contributed by atoms with E-state index in [2.05, 4.69) is 50.3 Å². The summed E-state index contributed by atoms with van der Waals surface area (Å²) < 4.78 is 3.79. The van der Waals surface area contributed by atoms with E-state index in [9.17, 15) is 0 Å². The normalized spacial score (nSPS) is 16.3. The van der Waals surface area contributed by atoms with Gasteiger partial charge in [0.1, 0.15) is 12.2 Å².